The van der Waals surface area contributed by atoms with Gasteiger partial charge in [0.25, 0.3) is 0 Å². The molecule has 5 atom stereocenters. The van der Waals surface area contributed by atoms with Gasteiger partial charge >= 0.3 is 17.9 Å². The molecule has 1 aliphatic heterocycles. The maximum Gasteiger partial charge on any atom is 0.303 e. The summed E-state index contributed by atoms with van der Waals surface area (Å²) in [5.74, 6) is -1.86. The van der Waals surface area contributed by atoms with Crippen LogP contribution in [0.1, 0.15) is 38.8 Å². The molecule has 2 rings (SSSR count). The summed E-state index contributed by atoms with van der Waals surface area (Å²) < 4.78 is 27.9. The van der Waals surface area contributed by atoms with Gasteiger partial charge in [-0.3, -0.25) is 19.2 Å². The van der Waals surface area contributed by atoms with Gasteiger partial charge in [0.05, 0.1) is 0 Å². The summed E-state index contributed by atoms with van der Waals surface area (Å²) in [6, 6.07) is 4.55. The maximum atomic E-state index is 11.9. The van der Waals surface area contributed by atoms with Crippen molar-refractivity contribution >= 4 is 23.8 Å². The van der Waals surface area contributed by atoms with E-state index in [0.29, 0.717) is 5.75 Å². The molecule has 1 aromatic rings. The van der Waals surface area contributed by atoms with Gasteiger partial charge in [0, 0.05) is 27.7 Å². The molecule has 1 aromatic carbocycles. The van der Waals surface area contributed by atoms with Gasteiger partial charge in [-0.05, 0) is 31.0 Å². The molecule has 1 heterocycles. The third kappa shape index (κ3) is 6.94. The number of amides is 1. The van der Waals surface area contributed by atoms with Crippen LogP contribution in [0.25, 0.3) is 0 Å². The number of carbonyl (C=O) groups is 4. The monoisotopic (exact) mass is 451 g/mol. The number of ether oxygens (including phenoxy) is 5. The lowest BCUT2D eigenvalue weighted by Crippen LogP contribution is -2.67. The first-order valence-electron chi connectivity index (χ1n) is 10.1. The molecule has 1 amide bonds. The lowest BCUT2D eigenvalue weighted by Gasteiger charge is -2.44. The van der Waals surface area contributed by atoms with Crippen molar-refractivity contribution < 1.29 is 42.9 Å². The minimum atomic E-state index is -1.16. The van der Waals surface area contributed by atoms with E-state index in [-0.39, 0.29) is 6.61 Å². The van der Waals surface area contributed by atoms with Gasteiger partial charge in [0.1, 0.15) is 24.5 Å². The standard InChI is InChI=1S/C22H29NO9/c1-11-7-8-12(2)17(9-11)31-22-19(23-13(3)24)21(30-16(6)27)20(29-15(5)26)18(32-22)10-28-14(4)25/h7-9,18-22H,10H2,1-6H3,(H,23,24)/t18-,19+,20+,21-,22-/m0/s1. The Morgan fingerprint density at radius 1 is 0.938 bits per heavy atom. The molecule has 0 aliphatic carbocycles. The first-order chi connectivity index (χ1) is 15.0. The van der Waals surface area contributed by atoms with Crippen LogP contribution in [0.5, 0.6) is 5.75 Å². The number of aryl methyl sites for hydroxylation is 2. The fraction of sp³-hybridized carbons (Fsp3) is 0.545. The average molecular weight is 451 g/mol. The van der Waals surface area contributed by atoms with Crippen LogP contribution in [0, 0.1) is 13.8 Å². The Bertz CT molecular complexity index is 869. The van der Waals surface area contributed by atoms with Gasteiger partial charge in [-0.15, -0.1) is 0 Å². The van der Waals surface area contributed by atoms with E-state index in [4.69, 9.17) is 23.7 Å². The number of esters is 3. The first kappa shape index (κ1) is 25.1. The smallest absolute Gasteiger partial charge is 0.303 e. The highest BCUT2D eigenvalue weighted by Crippen LogP contribution is 2.30. The van der Waals surface area contributed by atoms with Crippen LogP contribution in [-0.4, -0.2) is 61.1 Å². The SMILES string of the molecule is CC(=O)N[C@H]1[C@@H](Oc2cc(C)ccc2C)O[C@@H](COC(C)=O)[C@@H](OC(C)=O)[C@H]1OC(C)=O. The van der Waals surface area contributed by atoms with E-state index < -0.39 is 54.5 Å². The predicted octanol–water partition coefficient (Wildman–Crippen LogP) is 1.34. The third-order valence-corrected chi connectivity index (χ3v) is 4.66. The molecule has 176 valence electrons. The van der Waals surface area contributed by atoms with Gasteiger partial charge in [0.2, 0.25) is 12.2 Å². The highest BCUT2D eigenvalue weighted by atomic mass is 16.7. The van der Waals surface area contributed by atoms with Crippen LogP contribution in [-0.2, 0) is 38.1 Å². The summed E-state index contributed by atoms with van der Waals surface area (Å²) in [6.45, 7) is 8.31. The zero-order valence-corrected chi connectivity index (χ0v) is 19.0. The zero-order valence-electron chi connectivity index (χ0n) is 19.0. The van der Waals surface area contributed by atoms with Crippen LogP contribution in [0.4, 0.5) is 0 Å². The predicted molar refractivity (Wildman–Crippen MR) is 111 cm³/mol. The van der Waals surface area contributed by atoms with Gasteiger partial charge in [0.15, 0.2) is 12.2 Å². The molecule has 0 aromatic heterocycles. The second-order valence-corrected chi connectivity index (χ2v) is 7.61. The topological polar surface area (TPSA) is 126 Å². The van der Waals surface area contributed by atoms with E-state index in [1.165, 1.54) is 27.7 Å². The lowest BCUT2D eigenvalue weighted by molar-refractivity contribution is -0.257. The van der Waals surface area contributed by atoms with Crippen molar-refractivity contribution in [3.8, 4) is 5.75 Å². The fourth-order valence-corrected chi connectivity index (χ4v) is 3.35. The van der Waals surface area contributed by atoms with Gasteiger partial charge in [-0.25, -0.2) is 0 Å². The molecule has 0 spiro atoms. The van der Waals surface area contributed by atoms with E-state index in [2.05, 4.69) is 5.32 Å². The molecule has 0 radical (unpaired) electrons. The molecule has 1 saturated heterocycles. The molecule has 0 unspecified atom stereocenters. The van der Waals surface area contributed by atoms with Crippen molar-refractivity contribution in [3.05, 3.63) is 29.3 Å². The van der Waals surface area contributed by atoms with Crippen molar-refractivity contribution in [2.24, 2.45) is 0 Å². The first-order valence-corrected chi connectivity index (χ1v) is 10.1. The second-order valence-electron chi connectivity index (χ2n) is 7.61. The number of nitrogens with one attached hydrogen (secondary N) is 1. The normalized spacial score (nSPS) is 24.8. The minimum absolute atomic E-state index is 0.287. The fourth-order valence-electron chi connectivity index (χ4n) is 3.35. The summed E-state index contributed by atoms with van der Waals surface area (Å²) in [5.41, 5.74) is 1.74. The molecule has 1 N–H and O–H groups in total. The Morgan fingerprint density at radius 2 is 1.56 bits per heavy atom. The largest absolute Gasteiger partial charge is 0.463 e. The Kier molecular flexibility index (Phi) is 8.59. The number of rotatable bonds is 7. The molecule has 1 fully saturated rings. The van der Waals surface area contributed by atoms with Crippen LogP contribution >= 0.6 is 0 Å². The Balaban J connectivity index is 2.49. The van der Waals surface area contributed by atoms with Crippen molar-refractivity contribution in [1.82, 2.24) is 5.32 Å². The second kappa shape index (κ2) is 10.9. The van der Waals surface area contributed by atoms with E-state index in [1.54, 1.807) is 6.07 Å². The molecule has 0 saturated carbocycles. The highest BCUT2D eigenvalue weighted by molar-refractivity contribution is 5.73. The van der Waals surface area contributed by atoms with Gasteiger partial charge in [-0.2, -0.15) is 0 Å². The summed E-state index contributed by atoms with van der Waals surface area (Å²) in [6.07, 6.45) is -4.49. The molecular weight excluding hydrogens is 422 g/mol. The summed E-state index contributed by atoms with van der Waals surface area (Å²) in [5, 5.41) is 2.67. The van der Waals surface area contributed by atoms with Crippen molar-refractivity contribution in [2.75, 3.05) is 6.61 Å². The molecular formula is C22H29NO9. The minimum Gasteiger partial charge on any atom is -0.463 e. The summed E-state index contributed by atoms with van der Waals surface area (Å²) >= 11 is 0. The number of carbonyl (C=O) groups excluding carboxylic acids is 4. The molecule has 10 nitrogen and oxygen atoms in total. The Labute approximate surface area is 186 Å². The van der Waals surface area contributed by atoms with Crippen LogP contribution in [0.3, 0.4) is 0 Å². The van der Waals surface area contributed by atoms with Crippen LogP contribution in [0.15, 0.2) is 18.2 Å². The van der Waals surface area contributed by atoms with Crippen molar-refractivity contribution in [1.29, 1.82) is 0 Å². The highest BCUT2D eigenvalue weighted by Gasteiger charge is 2.52. The van der Waals surface area contributed by atoms with E-state index in [9.17, 15) is 19.2 Å². The molecule has 10 heteroatoms. The van der Waals surface area contributed by atoms with Gasteiger partial charge in [-0.1, -0.05) is 12.1 Å². The number of hydrogen-bond donors (Lipinski definition) is 1. The van der Waals surface area contributed by atoms with Crippen LogP contribution < -0.4 is 10.1 Å². The zero-order chi connectivity index (χ0) is 24.0. The van der Waals surface area contributed by atoms with Gasteiger partial charge < -0.3 is 29.0 Å². The Hall–Kier alpha value is -3.14. The molecule has 32 heavy (non-hydrogen) atoms. The molecule has 0 bridgehead atoms. The summed E-state index contributed by atoms with van der Waals surface area (Å²) in [7, 11) is 0. The quantitative estimate of drug-likeness (QED) is 0.483. The van der Waals surface area contributed by atoms with Crippen LogP contribution in [0.2, 0.25) is 0 Å². The Morgan fingerprint density at radius 3 is 2.12 bits per heavy atom. The number of hydrogen-bond acceptors (Lipinski definition) is 9. The average Bonchev–Trinajstić information content (AvgIpc) is 2.66. The third-order valence-electron chi connectivity index (χ3n) is 4.66. The molecule has 1 aliphatic rings. The maximum absolute atomic E-state index is 11.9. The number of benzene rings is 1. The van der Waals surface area contributed by atoms with E-state index in [0.717, 1.165) is 11.1 Å². The lowest BCUT2D eigenvalue weighted by atomic mass is 9.96. The van der Waals surface area contributed by atoms with Crippen molar-refractivity contribution in [3.63, 3.8) is 0 Å². The van der Waals surface area contributed by atoms with E-state index in [1.807, 2.05) is 26.0 Å². The van der Waals surface area contributed by atoms with E-state index >= 15 is 0 Å². The van der Waals surface area contributed by atoms with Crippen molar-refractivity contribution in [2.45, 2.75) is 72.2 Å². The summed E-state index contributed by atoms with van der Waals surface area (Å²) in [4.78, 5) is 47.0.